The number of carbonyl (C=O) groups excluding carboxylic acids is 1. The summed E-state index contributed by atoms with van der Waals surface area (Å²) in [5, 5.41) is 10.2. The average Bonchev–Trinajstić information content (AvgIpc) is 2.99. The average molecular weight is 584 g/mol. The van der Waals surface area contributed by atoms with Crippen LogP contribution in [0.25, 0.3) is 22.2 Å². The Labute approximate surface area is 242 Å². The van der Waals surface area contributed by atoms with Crippen molar-refractivity contribution < 1.29 is 27.8 Å². The maximum absolute atomic E-state index is 15.5. The van der Waals surface area contributed by atoms with Crippen LogP contribution in [-0.2, 0) is 9.53 Å². The number of halogens is 2. The first kappa shape index (κ1) is 29.4. The van der Waals surface area contributed by atoms with Gasteiger partial charge in [-0.2, -0.15) is 0 Å². The maximum atomic E-state index is 15.5. The Morgan fingerprint density at radius 1 is 1.07 bits per heavy atom. The molecule has 2 atom stereocenters. The molecule has 2 aliphatic rings. The molecule has 13 heteroatoms. The second-order valence-electron chi connectivity index (χ2n) is 10.4. The van der Waals surface area contributed by atoms with Crippen LogP contribution in [0.5, 0.6) is 11.5 Å². The molecule has 42 heavy (non-hydrogen) atoms. The number of aromatic nitrogens is 3. The zero-order chi connectivity index (χ0) is 29.8. The highest BCUT2D eigenvalue weighted by Gasteiger charge is 2.29. The number of fused-ring (bicyclic) bond motifs is 1. The van der Waals surface area contributed by atoms with E-state index in [9.17, 15) is 4.79 Å². The van der Waals surface area contributed by atoms with Crippen LogP contribution in [0.4, 0.5) is 20.5 Å². The molecule has 1 amide bonds. The van der Waals surface area contributed by atoms with Crippen molar-refractivity contribution in [2.75, 3.05) is 58.2 Å². The van der Waals surface area contributed by atoms with Crippen molar-refractivity contribution in [2.24, 2.45) is 0 Å². The van der Waals surface area contributed by atoms with Gasteiger partial charge in [-0.25, -0.2) is 23.7 Å². The molecule has 3 aromatic rings. The van der Waals surface area contributed by atoms with Crippen molar-refractivity contribution in [1.29, 1.82) is 0 Å². The minimum atomic E-state index is -0.892. The standard InChI is InChI=1S/C29H35F2N7O4/c1-5-23(39)34-18-8-11-42-15-20(18)36-29-32-14-16-12-19(24-25(30)21(40-3)13-22(41-4)26(24)31)35-28(27(16)37-29)33-17-6-9-38(2)10-7-17/h5,12-14,17-18,20H,1,6-11,15H2,2-4H3,(H,33,35)(H,34,39)(H,32,36,37)/t18-,20+/m0/s1. The fraction of sp³-hybridized carbons (Fsp3) is 0.448. The van der Waals surface area contributed by atoms with Gasteiger partial charge < -0.3 is 35.1 Å². The second kappa shape index (κ2) is 12.8. The monoisotopic (exact) mass is 583 g/mol. The molecule has 0 radical (unpaired) electrons. The van der Waals surface area contributed by atoms with Crippen molar-refractivity contribution in [3.63, 3.8) is 0 Å². The number of hydrogen-bond donors (Lipinski definition) is 3. The lowest BCUT2D eigenvalue weighted by atomic mass is 10.0. The molecule has 0 unspecified atom stereocenters. The van der Waals surface area contributed by atoms with Gasteiger partial charge in [0, 0.05) is 30.3 Å². The normalized spacial score (nSPS) is 19.7. The third-order valence-corrected chi connectivity index (χ3v) is 7.64. The van der Waals surface area contributed by atoms with E-state index >= 15 is 8.78 Å². The van der Waals surface area contributed by atoms with E-state index in [1.54, 1.807) is 6.20 Å². The first-order valence-electron chi connectivity index (χ1n) is 13.8. The zero-order valence-corrected chi connectivity index (χ0v) is 23.9. The topological polar surface area (TPSA) is 123 Å². The van der Waals surface area contributed by atoms with Gasteiger partial charge in [0.15, 0.2) is 29.0 Å². The molecule has 0 saturated carbocycles. The highest BCUT2D eigenvalue weighted by Crippen LogP contribution is 2.39. The molecule has 2 saturated heterocycles. The number of anilines is 2. The summed E-state index contributed by atoms with van der Waals surface area (Å²) in [5.74, 6) is -1.72. The van der Waals surface area contributed by atoms with Crippen molar-refractivity contribution in [3.05, 3.63) is 42.6 Å². The van der Waals surface area contributed by atoms with Gasteiger partial charge in [-0.15, -0.1) is 0 Å². The van der Waals surface area contributed by atoms with Gasteiger partial charge in [0.05, 0.1) is 44.2 Å². The number of nitrogens with one attached hydrogen (secondary N) is 3. The van der Waals surface area contributed by atoms with Crippen LogP contribution in [0.3, 0.4) is 0 Å². The fourth-order valence-corrected chi connectivity index (χ4v) is 5.25. The molecule has 4 heterocycles. The number of amides is 1. The van der Waals surface area contributed by atoms with E-state index in [1.165, 1.54) is 26.4 Å². The van der Waals surface area contributed by atoms with Crippen molar-refractivity contribution in [3.8, 4) is 22.8 Å². The van der Waals surface area contributed by atoms with Gasteiger partial charge in [0.25, 0.3) is 0 Å². The molecule has 0 bridgehead atoms. The maximum Gasteiger partial charge on any atom is 0.243 e. The highest BCUT2D eigenvalue weighted by atomic mass is 19.1. The summed E-state index contributed by atoms with van der Waals surface area (Å²) in [6.07, 6.45) is 5.14. The Balaban J connectivity index is 1.56. The quantitative estimate of drug-likeness (QED) is 0.323. The van der Waals surface area contributed by atoms with Crippen LogP contribution in [-0.4, -0.2) is 91.5 Å². The minimum absolute atomic E-state index is 0.0438. The number of pyridine rings is 1. The van der Waals surface area contributed by atoms with Crippen LogP contribution in [0.1, 0.15) is 19.3 Å². The number of carbonyl (C=O) groups is 1. The number of likely N-dealkylation sites (tertiary alicyclic amines) is 1. The van der Waals surface area contributed by atoms with Crippen molar-refractivity contribution >= 4 is 28.6 Å². The van der Waals surface area contributed by atoms with E-state index in [1.807, 2.05) is 0 Å². The Morgan fingerprint density at radius 3 is 2.45 bits per heavy atom. The van der Waals surface area contributed by atoms with Gasteiger partial charge in [0.2, 0.25) is 11.9 Å². The Kier molecular flexibility index (Phi) is 8.97. The van der Waals surface area contributed by atoms with Crippen molar-refractivity contribution in [2.45, 2.75) is 37.4 Å². The summed E-state index contributed by atoms with van der Waals surface area (Å²) in [5.41, 5.74) is 0.151. The predicted octanol–water partition coefficient (Wildman–Crippen LogP) is 3.36. The second-order valence-corrected chi connectivity index (χ2v) is 10.4. The molecule has 0 spiro atoms. The lowest BCUT2D eigenvalue weighted by Crippen LogP contribution is -2.52. The molecule has 3 N–H and O–H groups in total. The zero-order valence-electron chi connectivity index (χ0n) is 23.9. The van der Waals surface area contributed by atoms with E-state index in [-0.39, 0.29) is 46.8 Å². The van der Waals surface area contributed by atoms with E-state index < -0.39 is 11.6 Å². The molecule has 224 valence electrons. The molecule has 2 aliphatic heterocycles. The Hall–Kier alpha value is -4.10. The Bertz CT molecular complexity index is 1440. The first-order chi connectivity index (χ1) is 20.3. The predicted molar refractivity (Wildman–Crippen MR) is 155 cm³/mol. The SMILES string of the molecule is C=CC(=O)N[C@H]1CCOC[C@H]1Nc1ncc2cc(-c3c(F)c(OC)cc(OC)c3F)nc(NC3CCN(C)CC3)c2n1. The fourth-order valence-electron chi connectivity index (χ4n) is 5.25. The Morgan fingerprint density at radius 2 is 1.79 bits per heavy atom. The molecule has 1 aromatic carbocycles. The van der Waals surface area contributed by atoms with Crippen molar-refractivity contribution in [1.82, 2.24) is 25.2 Å². The summed E-state index contributed by atoms with van der Waals surface area (Å²) in [6, 6.07) is 2.28. The number of rotatable bonds is 9. The van der Waals surface area contributed by atoms with Gasteiger partial charge in [0.1, 0.15) is 5.52 Å². The lowest BCUT2D eigenvalue weighted by Gasteiger charge is -2.32. The molecule has 5 rings (SSSR count). The van der Waals surface area contributed by atoms with Crippen LogP contribution in [0.15, 0.2) is 31.0 Å². The molecular formula is C29H35F2N7O4. The summed E-state index contributed by atoms with van der Waals surface area (Å²) in [6.45, 7) is 6.17. The van der Waals surface area contributed by atoms with E-state index in [0.29, 0.717) is 42.3 Å². The summed E-state index contributed by atoms with van der Waals surface area (Å²) >= 11 is 0. The number of ether oxygens (including phenoxy) is 3. The van der Waals surface area contributed by atoms with Crippen LogP contribution >= 0.6 is 0 Å². The highest BCUT2D eigenvalue weighted by molar-refractivity contribution is 5.92. The van der Waals surface area contributed by atoms with Crippen LogP contribution in [0, 0.1) is 11.6 Å². The molecule has 2 fully saturated rings. The molecular weight excluding hydrogens is 548 g/mol. The first-order valence-corrected chi connectivity index (χ1v) is 13.8. The summed E-state index contributed by atoms with van der Waals surface area (Å²) in [4.78, 5) is 28.1. The molecule has 11 nitrogen and oxygen atoms in total. The number of hydrogen-bond acceptors (Lipinski definition) is 10. The van der Waals surface area contributed by atoms with Gasteiger partial charge in [-0.1, -0.05) is 6.58 Å². The molecule has 2 aromatic heterocycles. The summed E-state index contributed by atoms with van der Waals surface area (Å²) in [7, 11) is 4.66. The van der Waals surface area contributed by atoms with Crippen LogP contribution < -0.4 is 25.4 Å². The number of methoxy groups -OCH3 is 2. The third-order valence-electron chi connectivity index (χ3n) is 7.64. The number of nitrogens with zero attached hydrogens (tertiary/aromatic N) is 4. The van der Waals surface area contributed by atoms with E-state index in [4.69, 9.17) is 19.2 Å². The minimum Gasteiger partial charge on any atom is -0.494 e. The summed E-state index contributed by atoms with van der Waals surface area (Å²) < 4.78 is 46.8. The molecule has 0 aliphatic carbocycles. The van der Waals surface area contributed by atoms with Gasteiger partial charge >= 0.3 is 0 Å². The third kappa shape index (κ3) is 6.21. The largest absolute Gasteiger partial charge is 0.494 e. The number of benzene rings is 1. The number of piperidine rings is 1. The smallest absolute Gasteiger partial charge is 0.243 e. The lowest BCUT2D eigenvalue weighted by molar-refractivity contribution is -0.117. The van der Waals surface area contributed by atoms with E-state index in [2.05, 4.69) is 44.4 Å². The van der Waals surface area contributed by atoms with Gasteiger partial charge in [-0.05, 0) is 51.5 Å². The van der Waals surface area contributed by atoms with E-state index in [0.717, 1.165) is 32.0 Å². The van der Waals surface area contributed by atoms with Crippen LogP contribution in [0.2, 0.25) is 0 Å². The van der Waals surface area contributed by atoms with Gasteiger partial charge in [-0.3, -0.25) is 4.79 Å².